The molecule has 0 bridgehead atoms. The van der Waals surface area contributed by atoms with E-state index in [1.165, 1.54) is 5.69 Å². The van der Waals surface area contributed by atoms with E-state index in [9.17, 15) is 4.79 Å². The monoisotopic (exact) mass is 378 g/mol. The van der Waals surface area contributed by atoms with Gasteiger partial charge in [-0.25, -0.2) is 4.98 Å². The maximum atomic E-state index is 12.6. The number of hydrogen-bond acceptors (Lipinski definition) is 5. The summed E-state index contributed by atoms with van der Waals surface area (Å²) in [6, 6.07) is 14.3. The predicted molar refractivity (Wildman–Crippen MR) is 109 cm³/mol. The van der Waals surface area contributed by atoms with E-state index in [4.69, 9.17) is 0 Å². The van der Waals surface area contributed by atoms with Gasteiger partial charge in [0.1, 0.15) is 5.01 Å². The van der Waals surface area contributed by atoms with Gasteiger partial charge in [0.2, 0.25) is 5.91 Å². The van der Waals surface area contributed by atoms with Gasteiger partial charge in [0, 0.05) is 61.6 Å². The van der Waals surface area contributed by atoms with E-state index in [0.29, 0.717) is 12.8 Å². The van der Waals surface area contributed by atoms with Crippen LogP contribution in [0, 0.1) is 0 Å². The van der Waals surface area contributed by atoms with Crippen LogP contribution in [0.2, 0.25) is 0 Å². The van der Waals surface area contributed by atoms with E-state index in [1.807, 2.05) is 34.7 Å². The first-order valence-corrected chi connectivity index (χ1v) is 10.1. The average molecular weight is 379 g/mol. The Morgan fingerprint density at radius 3 is 2.59 bits per heavy atom. The molecule has 27 heavy (non-hydrogen) atoms. The van der Waals surface area contributed by atoms with Crippen molar-refractivity contribution in [2.24, 2.45) is 0 Å². The fraction of sp³-hybridized carbons (Fsp3) is 0.286. The molecule has 1 aliphatic heterocycles. The molecule has 138 valence electrons. The van der Waals surface area contributed by atoms with E-state index < -0.39 is 0 Å². The molecule has 4 rings (SSSR count). The number of carbonyl (C=O) groups is 1. The average Bonchev–Trinajstić information content (AvgIpc) is 3.22. The Labute approximate surface area is 163 Å². The van der Waals surface area contributed by atoms with Crippen LogP contribution in [0.1, 0.15) is 12.1 Å². The number of pyridine rings is 1. The third-order valence-electron chi connectivity index (χ3n) is 4.81. The quantitative estimate of drug-likeness (QED) is 0.682. The number of carbonyl (C=O) groups excluding carboxylic acids is 1. The third kappa shape index (κ3) is 4.34. The lowest BCUT2D eigenvalue weighted by molar-refractivity contribution is -0.131. The molecule has 5 nitrogen and oxygen atoms in total. The fourth-order valence-corrected chi connectivity index (χ4v) is 4.13. The van der Waals surface area contributed by atoms with Crippen LogP contribution in [0.15, 0.2) is 60.2 Å². The number of aromatic nitrogens is 2. The van der Waals surface area contributed by atoms with Crippen molar-refractivity contribution in [2.45, 2.75) is 12.8 Å². The van der Waals surface area contributed by atoms with Gasteiger partial charge in [-0.3, -0.25) is 9.78 Å². The second-order valence-corrected chi connectivity index (χ2v) is 7.45. The summed E-state index contributed by atoms with van der Waals surface area (Å²) in [5.41, 5.74) is 3.24. The lowest BCUT2D eigenvalue weighted by Crippen LogP contribution is -2.48. The Hall–Kier alpha value is -2.73. The van der Waals surface area contributed by atoms with Crippen molar-refractivity contribution in [3.8, 4) is 10.6 Å². The van der Waals surface area contributed by atoms with Crippen LogP contribution in [0.5, 0.6) is 0 Å². The van der Waals surface area contributed by atoms with Gasteiger partial charge < -0.3 is 9.80 Å². The maximum Gasteiger partial charge on any atom is 0.223 e. The first-order chi connectivity index (χ1) is 13.3. The summed E-state index contributed by atoms with van der Waals surface area (Å²) in [4.78, 5) is 25.7. The normalized spacial score (nSPS) is 14.4. The second-order valence-electron chi connectivity index (χ2n) is 6.59. The van der Waals surface area contributed by atoms with Gasteiger partial charge in [-0.2, -0.15) is 0 Å². The first-order valence-electron chi connectivity index (χ1n) is 9.22. The lowest BCUT2D eigenvalue weighted by Gasteiger charge is -2.36. The van der Waals surface area contributed by atoms with Crippen LogP contribution in [0.4, 0.5) is 5.69 Å². The molecule has 1 fully saturated rings. The number of para-hydroxylation sites is 1. The number of nitrogens with zero attached hydrogens (tertiary/aromatic N) is 4. The van der Waals surface area contributed by atoms with Crippen LogP contribution in [-0.2, 0) is 11.2 Å². The minimum Gasteiger partial charge on any atom is -0.368 e. The van der Waals surface area contributed by atoms with Crippen LogP contribution in [-0.4, -0.2) is 47.0 Å². The SMILES string of the molecule is O=C(CCc1csc(-c2cccnc2)n1)N1CCN(c2ccccc2)CC1. The molecule has 0 unspecified atom stereocenters. The minimum atomic E-state index is 0.221. The molecule has 6 heteroatoms. The van der Waals surface area contributed by atoms with Crippen molar-refractivity contribution >= 4 is 22.9 Å². The standard InChI is InChI=1S/C21H22N4OS/c26-20(25-13-11-24(12-14-25)19-6-2-1-3-7-19)9-8-18-16-27-21(23-18)17-5-4-10-22-15-17/h1-7,10,15-16H,8-9,11-14H2. The molecular formula is C21H22N4OS. The highest BCUT2D eigenvalue weighted by Gasteiger charge is 2.21. The van der Waals surface area contributed by atoms with Gasteiger partial charge in [-0.1, -0.05) is 18.2 Å². The molecule has 0 saturated carbocycles. The number of piperazine rings is 1. The van der Waals surface area contributed by atoms with Crippen LogP contribution < -0.4 is 4.90 Å². The van der Waals surface area contributed by atoms with Crippen LogP contribution in [0.25, 0.3) is 10.6 Å². The van der Waals surface area contributed by atoms with Crippen molar-refractivity contribution in [3.63, 3.8) is 0 Å². The largest absolute Gasteiger partial charge is 0.368 e. The van der Waals surface area contributed by atoms with Crippen molar-refractivity contribution < 1.29 is 4.79 Å². The number of anilines is 1. The summed E-state index contributed by atoms with van der Waals surface area (Å²) in [6.45, 7) is 3.34. The predicted octanol–water partition coefficient (Wildman–Crippen LogP) is 3.49. The van der Waals surface area contributed by atoms with Crippen LogP contribution >= 0.6 is 11.3 Å². The lowest BCUT2D eigenvalue weighted by atomic mass is 10.2. The minimum absolute atomic E-state index is 0.221. The van der Waals surface area contributed by atoms with Gasteiger partial charge in [0.15, 0.2) is 0 Å². The number of aryl methyl sites for hydroxylation is 1. The van der Waals surface area contributed by atoms with Gasteiger partial charge in [0.25, 0.3) is 0 Å². The summed E-state index contributed by atoms with van der Waals surface area (Å²) in [7, 11) is 0. The Balaban J connectivity index is 1.27. The molecule has 1 aliphatic rings. The summed E-state index contributed by atoms with van der Waals surface area (Å²) < 4.78 is 0. The van der Waals surface area contributed by atoms with Gasteiger partial charge >= 0.3 is 0 Å². The number of rotatable bonds is 5. The topological polar surface area (TPSA) is 49.3 Å². The number of hydrogen-bond donors (Lipinski definition) is 0. The van der Waals surface area contributed by atoms with Crippen molar-refractivity contribution in [2.75, 3.05) is 31.1 Å². The molecule has 0 N–H and O–H groups in total. The van der Waals surface area contributed by atoms with Crippen LogP contribution in [0.3, 0.4) is 0 Å². The first kappa shape index (κ1) is 17.7. The summed E-state index contributed by atoms with van der Waals surface area (Å²) in [5, 5.41) is 3.00. The summed E-state index contributed by atoms with van der Waals surface area (Å²) in [6.07, 6.45) is 4.78. The van der Waals surface area contributed by atoms with E-state index in [-0.39, 0.29) is 5.91 Å². The van der Waals surface area contributed by atoms with Gasteiger partial charge in [0.05, 0.1) is 5.69 Å². The molecular weight excluding hydrogens is 356 g/mol. The molecule has 3 heterocycles. The number of thiazole rings is 1. The van der Waals surface area contributed by atoms with Gasteiger partial charge in [-0.15, -0.1) is 11.3 Å². The van der Waals surface area contributed by atoms with E-state index in [2.05, 4.69) is 39.1 Å². The zero-order valence-electron chi connectivity index (χ0n) is 15.1. The summed E-state index contributed by atoms with van der Waals surface area (Å²) in [5.74, 6) is 0.221. The molecule has 0 atom stereocenters. The zero-order chi connectivity index (χ0) is 18.5. The second kappa shape index (κ2) is 8.31. The molecule has 2 aromatic heterocycles. The highest BCUT2D eigenvalue weighted by Crippen LogP contribution is 2.23. The zero-order valence-corrected chi connectivity index (χ0v) is 15.9. The summed E-state index contributed by atoms with van der Waals surface area (Å²) >= 11 is 1.61. The van der Waals surface area contributed by atoms with E-state index in [0.717, 1.165) is 42.4 Å². The molecule has 0 aliphatic carbocycles. The van der Waals surface area contributed by atoms with Crippen molar-refractivity contribution in [1.29, 1.82) is 0 Å². The van der Waals surface area contributed by atoms with E-state index >= 15 is 0 Å². The molecule has 1 aromatic carbocycles. The highest BCUT2D eigenvalue weighted by molar-refractivity contribution is 7.13. The molecule has 0 spiro atoms. The molecule has 1 amide bonds. The Kier molecular flexibility index (Phi) is 5.44. The van der Waals surface area contributed by atoms with E-state index in [1.54, 1.807) is 17.5 Å². The van der Waals surface area contributed by atoms with Crippen molar-refractivity contribution in [3.05, 3.63) is 65.9 Å². The molecule has 1 saturated heterocycles. The number of amides is 1. The third-order valence-corrected chi connectivity index (χ3v) is 5.75. The highest BCUT2D eigenvalue weighted by atomic mass is 32.1. The van der Waals surface area contributed by atoms with Gasteiger partial charge in [-0.05, 0) is 30.7 Å². The van der Waals surface area contributed by atoms with Crippen molar-refractivity contribution in [1.82, 2.24) is 14.9 Å². The Morgan fingerprint density at radius 2 is 1.85 bits per heavy atom. The molecule has 0 radical (unpaired) electrons. The fourth-order valence-electron chi connectivity index (χ4n) is 3.29. The number of benzene rings is 1. The smallest absolute Gasteiger partial charge is 0.223 e. The molecule has 3 aromatic rings. The maximum absolute atomic E-state index is 12.6. The Bertz CT molecular complexity index is 873. The Morgan fingerprint density at radius 1 is 1.04 bits per heavy atom.